The zero-order valence-electron chi connectivity index (χ0n) is 11.6. The lowest BCUT2D eigenvalue weighted by Gasteiger charge is -2.06. The van der Waals surface area contributed by atoms with Gasteiger partial charge in [0, 0.05) is 26.4 Å². The quantitative estimate of drug-likeness (QED) is 0.721. The third kappa shape index (κ3) is 2.96. The minimum Gasteiger partial charge on any atom is -0.377 e. The van der Waals surface area contributed by atoms with Crippen LogP contribution in [0, 0.1) is 0 Å². The van der Waals surface area contributed by atoms with Gasteiger partial charge in [0.2, 0.25) is 5.16 Å². The number of rotatable bonds is 5. The summed E-state index contributed by atoms with van der Waals surface area (Å²) in [7, 11) is 3.44. The van der Waals surface area contributed by atoms with Crippen LogP contribution >= 0.6 is 11.8 Å². The molecule has 0 aliphatic rings. The van der Waals surface area contributed by atoms with Crippen molar-refractivity contribution in [3.05, 3.63) is 36.3 Å². The summed E-state index contributed by atoms with van der Waals surface area (Å²) in [6.45, 7) is 0.365. The maximum absolute atomic E-state index is 5.09. The molecule has 108 valence electrons. The normalized spacial score (nSPS) is 11.0. The molecule has 0 bridgehead atoms. The molecule has 0 aliphatic carbocycles. The number of hydrogen-bond donors (Lipinski definition) is 1. The molecule has 0 amide bonds. The van der Waals surface area contributed by atoms with Crippen molar-refractivity contribution in [3.63, 3.8) is 0 Å². The summed E-state index contributed by atoms with van der Waals surface area (Å²) in [6.07, 6.45) is 1.92. The highest BCUT2D eigenvalue weighted by molar-refractivity contribution is 7.99. The van der Waals surface area contributed by atoms with Gasteiger partial charge in [0.25, 0.3) is 0 Å². The van der Waals surface area contributed by atoms with Crippen LogP contribution in [0.1, 0.15) is 5.82 Å². The average Bonchev–Trinajstić information content (AvgIpc) is 2.91. The first-order valence-electron chi connectivity index (χ1n) is 6.32. The molecular formula is C13H14N6OS. The molecular weight excluding hydrogens is 288 g/mol. The highest BCUT2D eigenvalue weighted by Crippen LogP contribution is 2.26. The maximum atomic E-state index is 5.09. The first-order chi connectivity index (χ1) is 10.3. The van der Waals surface area contributed by atoms with Crippen LogP contribution in [-0.4, -0.2) is 38.7 Å². The fraction of sp³-hybridized carbons (Fsp3) is 0.231. The second-order valence-corrected chi connectivity index (χ2v) is 5.19. The van der Waals surface area contributed by atoms with Crippen molar-refractivity contribution >= 4 is 23.2 Å². The van der Waals surface area contributed by atoms with E-state index < -0.39 is 0 Å². The third-order valence-corrected chi connectivity index (χ3v) is 3.64. The lowest BCUT2D eigenvalue weighted by Crippen LogP contribution is -2.02. The second kappa shape index (κ2) is 6.06. The molecule has 3 rings (SSSR count). The lowest BCUT2D eigenvalue weighted by atomic mass is 10.5. The molecule has 0 fully saturated rings. The molecule has 0 radical (unpaired) electrons. The number of anilines is 1. The summed E-state index contributed by atoms with van der Waals surface area (Å²) in [4.78, 5) is 8.79. The van der Waals surface area contributed by atoms with Gasteiger partial charge in [-0.2, -0.15) is 0 Å². The maximum Gasteiger partial charge on any atom is 0.201 e. The van der Waals surface area contributed by atoms with E-state index in [1.165, 1.54) is 11.8 Å². The van der Waals surface area contributed by atoms with Crippen molar-refractivity contribution in [2.45, 2.75) is 16.8 Å². The molecule has 7 nitrogen and oxygen atoms in total. The molecule has 1 N–H and O–H groups in total. The van der Waals surface area contributed by atoms with Crippen molar-refractivity contribution in [1.29, 1.82) is 0 Å². The minimum atomic E-state index is 0.365. The van der Waals surface area contributed by atoms with E-state index in [4.69, 9.17) is 4.74 Å². The van der Waals surface area contributed by atoms with E-state index in [1.54, 1.807) is 7.11 Å². The van der Waals surface area contributed by atoms with Crippen LogP contribution in [0.3, 0.4) is 0 Å². The molecule has 3 heterocycles. The fourth-order valence-corrected chi connectivity index (χ4v) is 2.67. The van der Waals surface area contributed by atoms with Gasteiger partial charge in [-0.05, 0) is 23.9 Å². The van der Waals surface area contributed by atoms with Gasteiger partial charge in [0.05, 0.1) is 0 Å². The Morgan fingerprint density at radius 2 is 2.19 bits per heavy atom. The van der Waals surface area contributed by atoms with Crippen molar-refractivity contribution in [2.75, 3.05) is 19.5 Å². The number of aromatic nitrogens is 5. The molecule has 0 spiro atoms. The van der Waals surface area contributed by atoms with E-state index in [2.05, 4.69) is 25.5 Å². The van der Waals surface area contributed by atoms with Gasteiger partial charge >= 0.3 is 0 Å². The number of methoxy groups -OCH3 is 1. The summed E-state index contributed by atoms with van der Waals surface area (Å²) in [5.41, 5.74) is 0.806. The average molecular weight is 302 g/mol. The van der Waals surface area contributed by atoms with Gasteiger partial charge in [0.1, 0.15) is 17.5 Å². The smallest absolute Gasteiger partial charge is 0.201 e. The van der Waals surface area contributed by atoms with Gasteiger partial charge in [0.15, 0.2) is 11.5 Å². The van der Waals surface area contributed by atoms with Gasteiger partial charge in [-0.25, -0.2) is 9.97 Å². The SMILES string of the molecule is CNc1cc(Sc2nnc3ccccn23)nc(COC)n1. The van der Waals surface area contributed by atoms with Crippen LogP contribution in [0.25, 0.3) is 5.65 Å². The lowest BCUT2D eigenvalue weighted by molar-refractivity contribution is 0.177. The molecule has 8 heteroatoms. The van der Waals surface area contributed by atoms with Gasteiger partial charge < -0.3 is 10.1 Å². The minimum absolute atomic E-state index is 0.365. The number of pyridine rings is 1. The van der Waals surface area contributed by atoms with Crippen molar-refractivity contribution in [3.8, 4) is 0 Å². The Balaban J connectivity index is 1.95. The summed E-state index contributed by atoms with van der Waals surface area (Å²) >= 11 is 1.44. The highest BCUT2D eigenvalue weighted by atomic mass is 32.2. The van der Waals surface area contributed by atoms with E-state index in [9.17, 15) is 0 Å². The van der Waals surface area contributed by atoms with E-state index in [1.807, 2.05) is 41.9 Å². The molecule has 21 heavy (non-hydrogen) atoms. The van der Waals surface area contributed by atoms with Crippen LogP contribution in [0.5, 0.6) is 0 Å². The number of fused-ring (bicyclic) bond motifs is 1. The first-order valence-corrected chi connectivity index (χ1v) is 7.14. The second-order valence-electron chi connectivity index (χ2n) is 4.20. The number of nitrogens with zero attached hydrogens (tertiary/aromatic N) is 5. The Labute approximate surface area is 125 Å². The van der Waals surface area contributed by atoms with Crippen molar-refractivity contribution in [2.24, 2.45) is 0 Å². The van der Waals surface area contributed by atoms with Crippen molar-refractivity contribution < 1.29 is 4.74 Å². The summed E-state index contributed by atoms with van der Waals surface area (Å²) in [5.74, 6) is 1.37. The molecule has 0 unspecified atom stereocenters. The summed E-state index contributed by atoms with van der Waals surface area (Å²) in [6, 6.07) is 7.65. The molecule has 0 aliphatic heterocycles. The third-order valence-electron chi connectivity index (χ3n) is 2.76. The van der Waals surface area contributed by atoms with Crippen LogP contribution in [0.15, 0.2) is 40.6 Å². The van der Waals surface area contributed by atoms with Gasteiger partial charge in [-0.15, -0.1) is 10.2 Å². The Morgan fingerprint density at radius 1 is 1.29 bits per heavy atom. The highest BCUT2D eigenvalue weighted by Gasteiger charge is 2.10. The molecule has 3 aromatic heterocycles. The van der Waals surface area contributed by atoms with Gasteiger partial charge in [-0.1, -0.05) is 6.07 Å². The molecule has 0 aromatic carbocycles. The molecule has 0 atom stereocenters. The monoisotopic (exact) mass is 302 g/mol. The Kier molecular flexibility index (Phi) is 3.98. The van der Waals surface area contributed by atoms with Gasteiger partial charge in [-0.3, -0.25) is 4.40 Å². The van der Waals surface area contributed by atoms with Crippen molar-refractivity contribution in [1.82, 2.24) is 24.6 Å². The Hall–Kier alpha value is -2.19. The largest absolute Gasteiger partial charge is 0.377 e. The van der Waals surface area contributed by atoms with Crippen LogP contribution in [0.2, 0.25) is 0 Å². The predicted molar refractivity (Wildman–Crippen MR) is 79.4 cm³/mol. The van der Waals surface area contributed by atoms with Crippen LogP contribution < -0.4 is 5.32 Å². The first kappa shape index (κ1) is 13.8. The van der Waals surface area contributed by atoms with Crippen LogP contribution in [0.4, 0.5) is 5.82 Å². The Morgan fingerprint density at radius 3 is 3.00 bits per heavy atom. The van der Waals surface area contributed by atoms with E-state index >= 15 is 0 Å². The zero-order chi connectivity index (χ0) is 14.7. The Bertz CT molecular complexity index is 759. The number of ether oxygens (including phenoxy) is 1. The molecule has 0 saturated heterocycles. The number of hydrogen-bond acceptors (Lipinski definition) is 7. The fourth-order valence-electron chi connectivity index (χ4n) is 1.83. The number of nitrogens with one attached hydrogen (secondary N) is 1. The summed E-state index contributed by atoms with van der Waals surface area (Å²) in [5, 5.41) is 12.9. The standard InChI is InChI=1S/C13H14N6OS/c1-14-9-7-12(16-10(15-9)8-20-2)21-13-18-17-11-5-3-4-6-19(11)13/h3-7H,8H2,1-2H3,(H,14,15,16). The molecule has 3 aromatic rings. The predicted octanol–water partition coefficient (Wildman–Crippen LogP) is 1.86. The summed E-state index contributed by atoms with van der Waals surface area (Å²) < 4.78 is 7.01. The van der Waals surface area contributed by atoms with Crippen LogP contribution in [-0.2, 0) is 11.3 Å². The van der Waals surface area contributed by atoms with E-state index in [-0.39, 0.29) is 0 Å². The van der Waals surface area contributed by atoms with E-state index in [0.717, 1.165) is 21.6 Å². The zero-order valence-corrected chi connectivity index (χ0v) is 12.5. The molecule has 0 saturated carbocycles. The van der Waals surface area contributed by atoms with E-state index in [0.29, 0.717) is 12.4 Å². The topological polar surface area (TPSA) is 77.2 Å².